The van der Waals surface area contributed by atoms with Gasteiger partial charge in [-0.3, -0.25) is 4.79 Å². The van der Waals surface area contributed by atoms with E-state index in [1.54, 1.807) is 15.7 Å². The predicted molar refractivity (Wildman–Crippen MR) is 154 cm³/mol. The fourth-order valence-corrected chi connectivity index (χ4v) is 5.20. The number of hydrogen-bond acceptors (Lipinski definition) is 7. The van der Waals surface area contributed by atoms with E-state index in [-0.39, 0.29) is 36.0 Å². The summed E-state index contributed by atoms with van der Waals surface area (Å²) >= 11 is 0. The van der Waals surface area contributed by atoms with Crippen molar-refractivity contribution in [2.75, 3.05) is 25.0 Å². The Labute approximate surface area is 240 Å². The zero-order chi connectivity index (χ0) is 30.6. The van der Waals surface area contributed by atoms with Crippen LogP contribution in [0.1, 0.15) is 57.3 Å². The van der Waals surface area contributed by atoms with Crippen LogP contribution in [0.15, 0.2) is 12.4 Å². The Kier molecular flexibility index (Phi) is 10.3. The van der Waals surface area contributed by atoms with Crippen molar-refractivity contribution in [3.63, 3.8) is 0 Å². The number of carbonyl (C=O) groups excluding carboxylic acids is 2. The highest BCUT2D eigenvalue weighted by atomic mass is 28.3. The van der Waals surface area contributed by atoms with Crippen molar-refractivity contribution in [1.82, 2.24) is 24.8 Å². The molecule has 0 aromatic carbocycles. The molecule has 0 bridgehead atoms. The number of carbonyl (C=O) groups is 2. The first kappa shape index (κ1) is 32.6. The van der Waals surface area contributed by atoms with E-state index in [2.05, 4.69) is 40.2 Å². The van der Waals surface area contributed by atoms with Crippen LogP contribution < -0.4 is 10.6 Å². The van der Waals surface area contributed by atoms with E-state index in [9.17, 15) is 22.8 Å². The predicted octanol–water partition coefficient (Wildman–Crippen LogP) is 5.63. The second-order valence-electron chi connectivity index (χ2n) is 12.8. The van der Waals surface area contributed by atoms with Gasteiger partial charge in [-0.05, 0) is 46.6 Å². The monoisotopic (exact) mass is 600 g/mol. The van der Waals surface area contributed by atoms with Gasteiger partial charge in [0.15, 0.2) is 5.65 Å². The first-order chi connectivity index (χ1) is 18.9. The van der Waals surface area contributed by atoms with Crippen LogP contribution in [0, 0.1) is 0 Å². The van der Waals surface area contributed by atoms with Crippen LogP contribution in [0.2, 0.25) is 25.7 Å². The number of alkyl halides is 3. The van der Waals surface area contributed by atoms with Gasteiger partial charge in [-0.1, -0.05) is 19.6 Å². The van der Waals surface area contributed by atoms with Crippen LogP contribution in [0.25, 0.3) is 11.2 Å². The van der Waals surface area contributed by atoms with E-state index in [4.69, 9.17) is 9.47 Å². The van der Waals surface area contributed by atoms with E-state index in [1.807, 2.05) is 27.7 Å². The number of nitrogens with zero attached hydrogens (tertiary/aromatic N) is 4. The molecule has 1 aliphatic heterocycles. The van der Waals surface area contributed by atoms with E-state index in [0.717, 1.165) is 6.04 Å². The molecule has 0 radical (unpaired) electrons. The molecule has 3 rings (SSSR count). The molecule has 0 spiro atoms. The molecule has 10 nitrogen and oxygen atoms in total. The van der Waals surface area contributed by atoms with Crippen molar-refractivity contribution in [3.8, 4) is 0 Å². The molecular weight excluding hydrogens is 557 g/mol. The van der Waals surface area contributed by atoms with Crippen molar-refractivity contribution < 1.29 is 32.2 Å². The third kappa shape index (κ3) is 10.2. The van der Waals surface area contributed by atoms with Gasteiger partial charge < -0.3 is 29.6 Å². The Bertz CT molecular complexity index is 1210. The highest BCUT2D eigenvalue weighted by Crippen LogP contribution is 2.25. The number of piperidine rings is 1. The molecule has 2 aromatic heterocycles. The minimum Gasteiger partial charge on any atom is -0.444 e. The quantitative estimate of drug-likeness (QED) is 0.269. The zero-order valence-corrected chi connectivity index (χ0v) is 26.0. The van der Waals surface area contributed by atoms with E-state index < -0.39 is 38.7 Å². The van der Waals surface area contributed by atoms with Gasteiger partial charge in [0.25, 0.3) is 5.91 Å². The van der Waals surface area contributed by atoms with Crippen LogP contribution >= 0.6 is 0 Å². The molecule has 1 fully saturated rings. The number of rotatable bonds is 10. The summed E-state index contributed by atoms with van der Waals surface area (Å²) in [5.41, 5.74) is 0.217. The van der Waals surface area contributed by atoms with Crippen molar-refractivity contribution in [2.24, 2.45) is 0 Å². The molecular formula is C27H43F3N6O4Si. The summed E-state index contributed by atoms with van der Waals surface area (Å²) in [5, 5.41) is 5.69. The Morgan fingerprint density at radius 2 is 1.90 bits per heavy atom. The number of fused-ring (bicyclic) bond motifs is 1. The number of halogens is 3. The normalized spacial score (nSPS) is 18.4. The van der Waals surface area contributed by atoms with Gasteiger partial charge in [0, 0.05) is 46.1 Å². The highest BCUT2D eigenvalue weighted by Gasteiger charge is 2.32. The molecule has 41 heavy (non-hydrogen) atoms. The Morgan fingerprint density at radius 1 is 1.20 bits per heavy atom. The van der Waals surface area contributed by atoms with Gasteiger partial charge in [0.1, 0.15) is 23.7 Å². The zero-order valence-electron chi connectivity index (χ0n) is 25.0. The lowest BCUT2D eigenvalue weighted by molar-refractivity contribution is -0.133. The molecule has 2 atom stereocenters. The van der Waals surface area contributed by atoms with Gasteiger partial charge in [0.2, 0.25) is 0 Å². The maximum Gasteiger partial charge on any atom is 0.410 e. The van der Waals surface area contributed by atoms with E-state index >= 15 is 0 Å². The molecule has 3 heterocycles. The second kappa shape index (κ2) is 13.0. The van der Waals surface area contributed by atoms with Crippen molar-refractivity contribution in [2.45, 2.75) is 103 Å². The lowest BCUT2D eigenvalue weighted by Gasteiger charge is -2.38. The molecule has 1 saturated heterocycles. The Balaban J connectivity index is 1.75. The average Bonchev–Trinajstić information content (AvgIpc) is 3.17. The molecule has 2 N–H and O–H groups in total. The smallest absolute Gasteiger partial charge is 0.410 e. The molecule has 230 valence electrons. The van der Waals surface area contributed by atoms with Gasteiger partial charge in [-0.25, -0.2) is 14.8 Å². The number of anilines is 1. The first-order valence-corrected chi connectivity index (χ1v) is 17.7. The summed E-state index contributed by atoms with van der Waals surface area (Å²) in [6.07, 6.45) is -1.46. The van der Waals surface area contributed by atoms with E-state index in [0.29, 0.717) is 37.5 Å². The topological polar surface area (TPSA) is 111 Å². The molecule has 2 amide bonds. The maximum atomic E-state index is 12.9. The molecule has 2 aromatic rings. The number of likely N-dealkylation sites (tertiary alicyclic amines) is 1. The Hall–Kier alpha value is -2.87. The standard InChI is InChI=1S/C27H43F3N6O4Si/c1-18-14-19(8-11-36(18)25(38)40-26(2,3)4)33-21-15-32-23-22(34-21)20(24(37)31-10-9-27(28,29)30)16-35(23)17-39-12-13-41(5,6)7/h15-16,18-19H,8-14,17H2,1-7H3,(H,31,37)(H,33,34)/t18-,19+/m1/s1. The summed E-state index contributed by atoms with van der Waals surface area (Å²) < 4.78 is 50.9. The summed E-state index contributed by atoms with van der Waals surface area (Å²) in [6, 6.07) is 0.880. The second-order valence-corrected chi connectivity index (χ2v) is 18.4. The molecule has 0 unspecified atom stereocenters. The van der Waals surface area contributed by atoms with Crippen LogP contribution in [0.5, 0.6) is 0 Å². The van der Waals surface area contributed by atoms with Gasteiger partial charge in [-0.15, -0.1) is 0 Å². The van der Waals surface area contributed by atoms with Crippen LogP contribution in [0.3, 0.4) is 0 Å². The molecule has 0 saturated carbocycles. The third-order valence-electron chi connectivity index (χ3n) is 6.59. The average molecular weight is 601 g/mol. The number of amides is 2. The van der Waals surface area contributed by atoms with Crippen molar-refractivity contribution in [3.05, 3.63) is 18.0 Å². The molecule has 1 aliphatic rings. The van der Waals surface area contributed by atoms with Crippen LogP contribution in [0.4, 0.5) is 23.8 Å². The summed E-state index contributed by atoms with van der Waals surface area (Å²) in [6.45, 7) is 14.8. The maximum absolute atomic E-state index is 12.9. The van der Waals surface area contributed by atoms with Gasteiger partial charge in [0.05, 0.1) is 18.2 Å². The summed E-state index contributed by atoms with van der Waals surface area (Å²) in [7, 11) is -1.30. The van der Waals surface area contributed by atoms with Crippen molar-refractivity contribution in [1.29, 1.82) is 0 Å². The summed E-state index contributed by atoms with van der Waals surface area (Å²) in [5.74, 6) is -0.229. The van der Waals surface area contributed by atoms with Gasteiger partial charge in [-0.2, -0.15) is 13.2 Å². The minimum atomic E-state index is -4.38. The van der Waals surface area contributed by atoms with Crippen molar-refractivity contribution >= 4 is 37.1 Å². The first-order valence-electron chi connectivity index (χ1n) is 14.0. The SMILES string of the molecule is C[C@@H]1C[C@@H](Nc2cnc3c(n2)c(C(=O)NCCC(F)(F)F)cn3COCC[Si](C)(C)C)CCN1C(=O)OC(C)(C)C. The lowest BCUT2D eigenvalue weighted by Crippen LogP contribution is -2.49. The number of aromatic nitrogens is 3. The van der Waals surface area contributed by atoms with Crippen LogP contribution in [-0.4, -0.2) is 83.1 Å². The number of nitrogens with one attached hydrogen (secondary N) is 2. The molecule has 0 aliphatic carbocycles. The third-order valence-corrected chi connectivity index (χ3v) is 8.29. The fourth-order valence-electron chi connectivity index (χ4n) is 4.44. The lowest BCUT2D eigenvalue weighted by atomic mass is 9.99. The number of hydrogen-bond donors (Lipinski definition) is 2. The number of ether oxygens (including phenoxy) is 2. The Morgan fingerprint density at radius 3 is 2.51 bits per heavy atom. The molecule has 14 heteroatoms. The van der Waals surface area contributed by atoms with Gasteiger partial charge >= 0.3 is 12.3 Å². The fraction of sp³-hybridized carbons (Fsp3) is 0.704. The minimum absolute atomic E-state index is 0.00789. The van der Waals surface area contributed by atoms with E-state index in [1.165, 1.54) is 6.20 Å². The highest BCUT2D eigenvalue weighted by molar-refractivity contribution is 6.76. The summed E-state index contributed by atoms with van der Waals surface area (Å²) in [4.78, 5) is 36.3. The van der Waals surface area contributed by atoms with Crippen LogP contribution in [-0.2, 0) is 16.2 Å². The largest absolute Gasteiger partial charge is 0.444 e.